The van der Waals surface area contributed by atoms with Gasteiger partial charge in [0.2, 0.25) is 0 Å². The normalized spacial score (nSPS) is 12.4. The topological polar surface area (TPSA) is 34.9 Å². The zero-order valence-electron chi connectivity index (χ0n) is 9.10. The van der Waals surface area contributed by atoms with Crippen LogP contribution in [-0.4, -0.2) is 15.8 Å². The first-order chi connectivity index (χ1) is 8.11. The van der Waals surface area contributed by atoms with Crippen LogP contribution in [0.15, 0.2) is 30.7 Å². The van der Waals surface area contributed by atoms with Crippen LogP contribution in [0.3, 0.4) is 0 Å². The summed E-state index contributed by atoms with van der Waals surface area (Å²) in [5.41, 5.74) is 1.13. The molecule has 0 aliphatic carbocycles. The maximum atomic E-state index is 13.1. The van der Waals surface area contributed by atoms with Crippen molar-refractivity contribution < 1.29 is 13.6 Å². The molecule has 2 rings (SSSR count). The predicted molar refractivity (Wildman–Crippen MR) is 57.5 cm³/mol. The Hall–Kier alpha value is -2.04. The van der Waals surface area contributed by atoms with Gasteiger partial charge in [0.05, 0.1) is 12.0 Å². The number of carbonyl (C=O) groups excluding carboxylic acids is 1. The molecule has 0 saturated carbocycles. The number of hydrogen-bond acceptors (Lipinski definition) is 2. The van der Waals surface area contributed by atoms with E-state index in [9.17, 15) is 13.6 Å². The van der Waals surface area contributed by atoms with Gasteiger partial charge in [0.15, 0.2) is 11.6 Å². The average molecular weight is 236 g/mol. The Labute approximate surface area is 96.7 Å². The maximum Gasteiger partial charge on any atom is 0.159 e. The Bertz CT molecular complexity index is 551. The predicted octanol–water partition coefficient (Wildman–Crippen LogP) is 2.26. The third-order valence-corrected chi connectivity index (χ3v) is 2.47. The molecule has 0 N–H and O–H groups in total. The summed E-state index contributed by atoms with van der Waals surface area (Å²) in [6.07, 6.45) is 3.81. The largest absolute Gasteiger partial charge is 0.323 e. The van der Waals surface area contributed by atoms with Crippen molar-refractivity contribution in [2.75, 3.05) is 0 Å². The summed E-state index contributed by atoms with van der Waals surface area (Å²) in [5.74, 6) is -1.90. The van der Waals surface area contributed by atoms with Crippen LogP contribution >= 0.6 is 0 Å². The lowest BCUT2D eigenvalue weighted by atomic mass is 10.1. The summed E-state index contributed by atoms with van der Waals surface area (Å²) >= 11 is 0. The van der Waals surface area contributed by atoms with E-state index in [1.807, 2.05) is 0 Å². The van der Waals surface area contributed by atoms with Crippen LogP contribution in [0.2, 0.25) is 0 Å². The zero-order valence-corrected chi connectivity index (χ0v) is 9.10. The average Bonchev–Trinajstić information content (AvgIpc) is 2.71. The van der Waals surface area contributed by atoms with Gasteiger partial charge in [0.1, 0.15) is 12.3 Å². The highest BCUT2D eigenvalue weighted by atomic mass is 19.2. The van der Waals surface area contributed by atoms with E-state index in [0.717, 1.165) is 17.8 Å². The highest BCUT2D eigenvalue weighted by Gasteiger charge is 2.14. The Kier molecular flexibility index (Phi) is 2.99. The van der Waals surface area contributed by atoms with Gasteiger partial charge >= 0.3 is 0 Å². The van der Waals surface area contributed by atoms with Gasteiger partial charge in [-0.25, -0.2) is 13.8 Å². The maximum absolute atomic E-state index is 13.1. The number of nitrogens with zero attached hydrogens (tertiary/aromatic N) is 2. The van der Waals surface area contributed by atoms with Crippen LogP contribution in [-0.2, 0) is 4.79 Å². The van der Waals surface area contributed by atoms with Crippen molar-refractivity contribution in [1.29, 1.82) is 0 Å². The summed E-state index contributed by atoms with van der Waals surface area (Å²) in [5, 5.41) is 0. The van der Waals surface area contributed by atoms with Gasteiger partial charge in [-0.2, -0.15) is 0 Å². The third-order valence-electron chi connectivity index (χ3n) is 2.47. The van der Waals surface area contributed by atoms with Gasteiger partial charge in [-0.05, 0) is 24.6 Å². The second kappa shape index (κ2) is 4.45. The van der Waals surface area contributed by atoms with Gasteiger partial charge in [0, 0.05) is 6.20 Å². The SMILES string of the molecule is Cc1cn(C(C=O)c2ccc(F)c(F)c2)cn1. The van der Waals surface area contributed by atoms with E-state index in [0.29, 0.717) is 11.8 Å². The van der Waals surface area contributed by atoms with E-state index in [-0.39, 0.29) is 0 Å². The number of halogens is 2. The van der Waals surface area contributed by atoms with E-state index >= 15 is 0 Å². The summed E-state index contributed by atoms with van der Waals surface area (Å²) in [6, 6.07) is 2.72. The van der Waals surface area contributed by atoms with Crippen LogP contribution in [0.25, 0.3) is 0 Å². The lowest BCUT2D eigenvalue weighted by molar-refractivity contribution is -0.109. The van der Waals surface area contributed by atoms with Gasteiger partial charge < -0.3 is 9.36 Å². The summed E-state index contributed by atoms with van der Waals surface area (Å²) in [6.45, 7) is 1.78. The van der Waals surface area contributed by atoms with Gasteiger partial charge in [-0.1, -0.05) is 6.07 Å². The molecule has 0 fully saturated rings. The Balaban J connectivity index is 2.42. The molecule has 0 aliphatic rings. The van der Waals surface area contributed by atoms with Crippen LogP contribution in [0.5, 0.6) is 0 Å². The van der Waals surface area contributed by atoms with E-state index in [2.05, 4.69) is 4.98 Å². The van der Waals surface area contributed by atoms with Crippen LogP contribution in [0, 0.1) is 18.6 Å². The first kappa shape index (κ1) is 11.4. The Morgan fingerprint density at radius 2 is 2.12 bits per heavy atom. The number of imidazole rings is 1. The number of rotatable bonds is 3. The van der Waals surface area contributed by atoms with Crippen molar-refractivity contribution in [3.63, 3.8) is 0 Å². The second-order valence-electron chi connectivity index (χ2n) is 3.72. The highest BCUT2D eigenvalue weighted by molar-refractivity contribution is 5.62. The molecule has 0 spiro atoms. The minimum Gasteiger partial charge on any atom is -0.323 e. The molecule has 17 heavy (non-hydrogen) atoms. The molecule has 3 nitrogen and oxygen atoms in total. The molecule has 88 valence electrons. The summed E-state index contributed by atoms with van der Waals surface area (Å²) < 4.78 is 27.4. The van der Waals surface area contributed by atoms with Crippen molar-refractivity contribution in [2.45, 2.75) is 13.0 Å². The summed E-state index contributed by atoms with van der Waals surface area (Å²) in [7, 11) is 0. The molecule has 0 aliphatic heterocycles. The lowest BCUT2D eigenvalue weighted by Crippen LogP contribution is -2.10. The highest BCUT2D eigenvalue weighted by Crippen LogP contribution is 2.19. The van der Waals surface area contributed by atoms with Crippen molar-refractivity contribution in [3.8, 4) is 0 Å². The fourth-order valence-electron chi connectivity index (χ4n) is 1.61. The zero-order chi connectivity index (χ0) is 12.4. The van der Waals surface area contributed by atoms with E-state index in [1.54, 1.807) is 17.7 Å². The molecule has 0 bridgehead atoms. The molecule has 1 aromatic heterocycles. The van der Waals surface area contributed by atoms with Crippen LogP contribution in [0.4, 0.5) is 8.78 Å². The molecule has 0 amide bonds. The number of aryl methyl sites for hydroxylation is 1. The van der Waals surface area contributed by atoms with E-state index in [4.69, 9.17) is 0 Å². The molecule has 1 aromatic carbocycles. The minimum atomic E-state index is -0.966. The minimum absolute atomic E-state index is 0.385. The van der Waals surface area contributed by atoms with E-state index < -0.39 is 17.7 Å². The third kappa shape index (κ3) is 2.22. The van der Waals surface area contributed by atoms with Crippen LogP contribution < -0.4 is 0 Å². The van der Waals surface area contributed by atoms with Crippen LogP contribution in [0.1, 0.15) is 17.3 Å². The molecule has 2 aromatic rings. The first-order valence-corrected chi connectivity index (χ1v) is 5.02. The standard InChI is InChI=1S/C12H10F2N2O/c1-8-5-16(7-15-8)12(6-17)9-2-3-10(13)11(14)4-9/h2-7,12H,1H3. The van der Waals surface area contributed by atoms with Crippen molar-refractivity contribution in [1.82, 2.24) is 9.55 Å². The smallest absolute Gasteiger partial charge is 0.159 e. The van der Waals surface area contributed by atoms with E-state index in [1.165, 1.54) is 12.4 Å². The molecule has 0 saturated heterocycles. The van der Waals surface area contributed by atoms with Gasteiger partial charge in [-0.15, -0.1) is 0 Å². The van der Waals surface area contributed by atoms with Crippen molar-refractivity contribution in [2.24, 2.45) is 0 Å². The molecule has 1 atom stereocenters. The monoisotopic (exact) mass is 236 g/mol. The molecule has 5 heteroatoms. The van der Waals surface area contributed by atoms with Gasteiger partial charge in [0.25, 0.3) is 0 Å². The Morgan fingerprint density at radius 3 is 2.65 bits per heavy atom. The summed E-state index contributed by atoms with van der Waals surface area (Å²) in [4.78, 5) is 15.0. The molecule has 1 heterocycles. The molecular formula is C12H10F2N2O. The molecule has 1 unspecified atom stereocenters. The number of aromatic nitrogens is 2. The fraction of sp³-hybridized carbons (Fsp3) is 0.167. The quantitative estimate of drug-likeness (QED) is 0.766. The molecular weight excluding hydrogens is 226 g/mol. The lowest BCUT2D eigenvalue weighted by Gasteiger charge is -2.12. The van der Waals surface area contributed by atoms with Gasteiger partial charge in [-0.3, -0.25) is 0 Å². The number of aldehydes is 1. The fourth-order valence-corrected chi connectivity index (χ4v) is 1.61. The van der Waals surface area contributed by atoms with Crippen molar-refractivity contribution in [3.05, 3.63) is 53.6 Å². The van der Waals surface area contributed by atoms with Crippen molar-refractivity contribution >= 4 is 6.29 Å². The molecule has 0 radical (unpaired) electrons. The number of hydrogen-bond donors (Lipinski definition) is 0. The number of benzene rings is 1. The first-order valence-electron chi connectivity index (χ1n) is 5.02. The number of carbonyl (C=O) groups is 1. The second-order valence-corrected chi connectivity index (χ2v) is 3.72. The Morgan fingerprint density at radius 1 is 1.35 bits per heavy atom.